The Bertz CT molecular complexity index is 722. The number of halogens is 2. The third kappa shape index (κ3) is 3.06. The standard InChI is InChI=1S/C16H12F2N2O/c1-20(14-8-3-2-5-12(14)10-19)15(21)9-11-6-4-7-13(17)16(11)18/h2-8H,9H2,1H3. The maximum Gasteiger partial charge on any atom is 0.231 e. The maximum absolute atomic E-state index is 13.6. The van der Waals surface area contributed by atoms with Crippen LogP contribution in [0.1, 0.15) is 11.1 Å². The van der Waals surface area contributed by atoms with Crippen molar-refractivity contribution < 1.29 is 13.6 Å². The fourth-order valence-corrected chi connectivity index (χ4v) is 1.96. The number of para-hydroxylation sites is 1. The molecule has 5 heteroatoms. The van der Waals surface area contributed by atoms with Gasteiger partial charge in [0, 0.05) is 12.6 Å². The molecule has 21 heavy (non-hydrogen) atoms. The van der Waals surface area contributed by atoms with Gasteiger partial charge in [0.2, 0.25) is 5.91 Å². The van der Waals surface area contributed by atoms with Crippen LogP contribution in [0.25, 0.3) is 0 Å². The highest BCUT2D eigenvalue weighted by Gasteiger charge is 2.17. The third-order valence-corrected chi connectivity index (χ3v) is 3.13. The van der Waals surface area contributed by atoms with Crippen molar-refractivity contribution in [2.45, 2.75) is 6.42 Å². The molecule has 0 aliphatic rings. The molecule has 0 heterocycles. The second kappa shape index (κ2) is 6.14. The van der Waals surface area contributed by atoms with E-state index in [9.17, 15) is 13.6 Å². The Hall–Kier alpha value is -2.74. The summed E-state index contributed by atoms with van der Waals surface area (Å²) in [6.07, 6.45) is -0.278. The Kier molecular flexibility index (Phi) is 4.29. The Morgan fingerprint density at radius 2 is 1.90 bits per heavy atom. The number of amides is 1. The van der Waals surface area contributed by atoms with Crippen molar-refractivity contribution in [3.8, 4) is 6.07 Å². The molecule has 2 aromatic rings. The summed E-state index contributed by atoms with van der Waals surface area (Å²) in [6.45, 7) is 0. The van der Waals surface area contributed by atoms with Gasteiger partial charge in [-0.3, -0.25) is 4.79 Å². The molecule has 0 aliphatic heterocycles. The number of anilines is 1. The predicted molar refractivity (Wildman–Crippen MR) is 74.6 cm³/mol. The van der Waals surface area contributed by atoms with Gasteiger partial charge in [-0.05, 0) is 18.2 Å². The maximum atomic E-state index is 13.6. The molecule has 0 aromatic heterocycles. The van der Waals surface area contributed by atoms with Crippen molar-refractivity contribution in [2.24, 2.45) is 0 Å². The minimum Gasteiger partial charge on any atom is -0.314 e. The molecule has 0 bridgehead atoms. The fraction of sp³-hybridized carbons (Fsp3) is 0.125. The Labute approximate surface area is 121 Å². The SMILES string of the molecule is CN(C(=O)Cc1cccc(F)c1F)c1ccccc1C#N. The van der Waals surface area contributed by atoms with Crippen LogP contribution in [0, 0.1) is 23.0 Å². The molecule has 0 N–H and O–H groups in total. The Morgan fingerprint density at radius 3 is 2.62 bits per heavy atom. The molecule has 0 aliphatic carbocycles. The first kappa shape index (κ1) is 14.7. The van der Waals surface area contributed by atoms with Crippen LogP contribution in [0.4, 0.5) is 14.5 Å². The van der Waals surface area contributed by atoms with E-state index in [1.165, 1.54) is 24.1 Å². The van der Waals surface area contributed by atoms with Gasteiger partial charge in [0.15, 0.2) is 11.6 Å². The quantitative estimate of drug-likeness (QED) is 0.870. The lowest BCUT2D eigenvalue weighted by Crippen LogP contribution is -2.28. The highest BCUT2D eigenvalue weighted by atomic mass is 19.2. The summed E-state index contributed by atoms with van der Waals surface area (Å²) in [7, 11) is 1.50. The Morgan fingerprint density at radius 1 is 1.19 bits per heavy atom. The third-order valence-electron chi connectivity index (χ3n) is 3.13. The second-order valence-electron chi connectivity index (χ2n) is 4.47. The molecule has 3 nitrogen and oxygen atoms in total. The van der Waals surface area contributed by atoms with Gasteiger partial charge in [-0.25, -0.2) is 8.78 Å². The zero-order valence-corrected chi connectivity index (χ0v) is 11.3. The van der Waals surface area contributed by atoms with E-state index >= 15 is 0 Å². The van der Waals surface area contributed by atoms with Crippen molar-refractivity contribution in [3.63, 3.8) is 0 Å². The van der Waals surface area contributed by atoms with E-state index in [2.05, 4.69) is 0 Å². The first-order valence-corrected chi connectivity index (χ1v) is 6.23. The van der Waals surface area contributed by atoms with Gasteiger partial charge in [-0.2, -0.15) is 5.26 Å². The topological polar surface area (TPSA) is 44.1 Å². The number of carbonyl (C=O) groups is 1. The molecular formula is C16H12F2N2O. The van der Waals surface area contributed by atoms with Crippen molar-refractivity contribution in [1.29, 1.82) is 5.26 Å². The van der Waals surface area contributed by atoms with Crippen LogP contribution in [0.5, 0.6) is 0 Å². The first-order chi connectivity index (χ1) is 10.0. The molecule has 1 amide bonds. The van der Waals surface area contributed by atoms with Gasteiger partial charge >= 0.3 is 0 Å². The van der Waals surface area contributed by atoms with Crippen LogP contribution in [0.2, 0.25) is 0 Å². The normalized spacial score (nSPS) is 10.0. The summed E-state index contributed by atoms with van der Waals surface area (Å²) in [5.41, 5.74) is 0.760. The zero-order chi connectivity index (χ0) is 15.4. The minimum absolute atomic E-state index is 0.0127. The monoisotopic (exact) mass is 286 g/mol. The molecule has 0 atom stereocenters. The van der Waals surface area contributed by atoms with Gasteiger partial charge in [0.25, 0.3) is 0 Å². The molecule has 0 fully saturated rings. The summed E-state index contributed by atoms with van der Waals surface area (Å²) in [5, 5.41) is 9.02. The molecule has 106 valence electrons. The number of likely N-dealkylation sites (N-methyl/N-ethyl adjacent to an activating group) is 1. The van der Waals surface area contributed by atoms with Gasteiger partial charge in [-0.15, -0.1) is 0 Å². The van der Waals surface area contributed by atoms with Crippen LogP contribution in [0.3, 0.4) is 0 Å². The molecule has 0 spiro atoms. The van der Waals surface area contributed by atoms with Gasteiger partial charge in [-0.1, -0.05) is 24.3 Å². The van der Waals surface area contributed by atoms with Crippen LogP contribution in [-0.4, -0.2) is 13.0 Å². The smallest absolute Gasteiger partial charge is 0.231 e. The number of nitriles is 1. The fourth-order valence-electron chi connectivity index (χ4n) is 1.96. The number of rotatable bonds is 3. The zero-order valence-electron chi connectivity index (χ0n) is 11.3. The van der Waals surface area contributed by atoms with Crippen molar-refractivity contribution in [3.05, 3.63) is 65.2 Å². The van der Waals surface area contributed by atoms with E-state index in [-0.39, 0.29) is 12.0 Å². The van der Waals surface area contributed by atoms with Crippen LogP contribution in [-0.2, 0) is 11.2 Å². The summed E-state index contributed by atoms with van der Waals surface area (Å²) in [6, 6.07) is 12.3. The van der Waals surface area contributed by atoms with E-state index in [4.69, 9.17) is 5.26 Å². The van der Waals surface area contributed by atoms with E-state index in [1.54, 1.807) is 24.3 Å². The first-order valence-electron chi connectivity index (χ1n) is 6.23. The van der Waals surface area contributed by atoms with E-state index in [0.717, 1.165) is 6.07 Å². The molecule has 0 saturated carbocycles. The molecule has 0 saturated heterocycles. The number of benzene rings is 2. The summed E-state index contributed by atoms with van der Waals surface area (Å²) in [4.78, 5) is 13.4. The van der Waals surface area contributed by atoms with Crippen LogP contribution in [0.15, 0.2) is 42.5 Å². The summed E-state index contributed by atoms with van der Waals surface area (Å²) in [5.74, 6) is -2.43. The molecule has 0 radical (unpaired) electrons. The van der Waals surface area contributed by atoms with Crippen LogP contribution >= 0.6 is 0 Å². The van der Waals surface area contributed by atoms with E-state index in [1.807, 2.05) is 6.07 Å². The molecule has 2 rings (SSSR count). The highest BCUT2D eigenvalue weighted by Crippen LogP contribution is 2.20. The van der Waals surface area contributed by atoms with Crippen molar-refractivity contribution in [2.75, 3.05) is 11.9 Å². The van der Waals surface area contributed by atoms with Gasteiger partial charge in [0.1, 0.15) is 6.07 Å². The summed E-state index contributed by atoms with van der Waals surface area (Å²) < 4.78 is 26.7. The lowest BCUT2D eigenvalue weighted by atomic mass is 10.1. The average Bonchev–Trinajstić information content (AvgIpc) is 2.51. The highest BCUT2D eigenvalue weighted by molar-refractivity contribution is 5.95. The number of carbonyl (C=O) groups excluding carboxylic acids is 1. The predicted octanol–water partition coefficient (Wildman–Crippen LogP) is 3.04. The Balaban J connectivity index is 2.24. The van der Waals surface area contributed by atoms with Crippen molar-refractivity contribution in [1.82, 2.24) is 0 Å². The average molecular weight is 286 g/mol. The number of hydrogen-bond donors (Lipinski definition) is 0. The minimum atomic E-state index is -1.02. The molecular weight excluding hydrogens is 274 g/mol. The largest absolute Gasteiger partial charge is 0.314 e. The van der Waals surface area contributed by atoms with E-state index < -0.39 is 17.5 Å². The molecule has 0 unspecified atom stereocenters. The van der Waals surface area contributed by atoms with Gasteiger partial charge < -0.3 is 4.90 Å². The van der Waals surface area contributed by atoms with Crippen molar-refractivity contribution >= 4 is 11.6 Å². The second-order valence-corrected chi connectivity index (χ2v) is 4.47. The van der Waals surface area contributed by atoms with Gasteiger partial charge in [0.05, 0.1) is 17.7 Å². The van der Waals surface area contributed by atoms with E-state index in [0.29, 0.717) is 11.3 Å². The number of nitrogens with zero attached hydrogens (tertiary/aromatic N) is 2. The van der Waals surface area contributed by atoms with Crippen LogP contribution < -0.4 is 4.90 Å². The molecule has 2 aromatic carbocycles. The number of hydrogen-bond acceptors (Lipinski definition) is 2. The lowest BCUT2D eigenvalue weighted by molar-refractivity contribution is -0.117. The summed E-state index contributed by atoms with van der Waals surface area (Å²) >= 11 is 0. The lowest BCUT2D eigenvalue weighted by Gasteiger charge is -2.18.